The largest absolute Gasteiger partial charge is 0.338 e. The van der Waals surface area contributed by atoms with Crippen molar-refractivity contribution in [3.05, 3.63) is 47.7 Å². The zero-order valence-corrected chi connectivity index (χ0v) is 9.79. The van der Waals surface area contributed by atoms with Crippen molar-refractivity contribution in [3.63, 3.8) is 0 Å². The number of hydrogen-bond donors (Lipinski definition) is 0. The van der Waals surface area contributed by atoms with Gasteiger partial charge in [-0.3, -0.25) is 0 Å². The van der Waals surface area contributed by atoms with E-state index >= 15 is 0 Å². The van der Waals surface area contributed by atoms with Crippen LogP contribution in [-0.4, -0.2) is 14.7 Å². The second-order valence-electron chi connectivity index (χ2n) is 4.06. The van der Waals surface area contributed by atoms with Gasteiger partial charge in [0.05, 0.1) is 11.6 Å². The van der Waals surface area contributed by atoms with Crippen LogP contribution in [0.25, 0.3) is 10.9 Å². The molecule has 0 radical (unpaired) electrons. The molecular formula is C13H10N4O. The minimum atomic E-state index is 0.538. The third-order valence-electron chi connectivity index (χ3n) is 2.78. The van der Waals surface area contributed by atoms with Gasteiger partial charge in [0.15, 0.2) is 5.82 Å². The molecule has 5 nitrogen and oxygen atoms in total. The van der Waals surface area contributed by atoms with E-state index in [9.17, 15) is 0 Å². The summed E-state index contributed by atoms with van der Waals surface area (Å²) in [6.45, 7) is 2.33. The van der Waals surface area contributed by atoms with Crippen LogP contribution in [-0.2, 0) is 6.54 Å². The minimum Gasteiger partial charge on any atom is -0.338 e. The molecule has 0 aliphatic rings. The number of hydrogen-bond acceptors (Lipinski definition) is 4. The first-order chi connectivity index (χ1) is 8.76. The van der Waals surface area contributed by atoms with Crippen molar-refractivity contribution in [1.82, 2.24) is 14.7 Å². The van der Waals surface area contributed by atoms with E-state index in [0.717, 1.165) is 10.9 Å². The van der Waals surface area contributed by atoms with Gasteiger partial charge in [0, 0.05) is 17.1 Å². The Bertz CT molecular complexity index is 748. The highest BCUT2D eigenvalue weighted by Crippen LogP contribution is 2.18. The third-order valence-corrected chi connectivity index (χ3v) is 2.78. The fourth-order valence-electron chi connectivity index (χ4n) is 1.96. The average Bonchev–Trinajstić information content (AvgIpc) is 2.96. The number of fused-ring (bicyclic) bond motifs is 1. The highest BCUT2D eigenvalue weighted by molar-refractivity contribution is 5.81. The fourth-order valence-corrected chi connectivity index (χ4v) is 1.96. The molecule has 0 saturated heterocycles. The SMILES string of the molecule is Cc1noc(Cn2ccc3cc(C#N)ccc32)n1. The Morgan fingerprint density at radius 3 is 3.00 bits per heavy atom. The van der Waals surface area contributed by atoms with Gasteiger partial charge in [-0.25, -0.2) is 0 Å². The van der Waals surface area contributed by atoms with Gasteiger partial charge in [-0.2, -0.15) is 10.2 Å². The van der Waals surface area contributed by atoms with Gasteiger partial charge in [-0.15, -0.1) is 0 Å². The first-order valence-corrected chi connectivity index (χ1v) is 5.54. The van der Waals surface area contributed by atoms with E-state index in [1.54, 1.807) is 13.0 Å². The van der Waals surface area contributed by atoms with Crippen LogP contribution in [0, 0.1) is 18.3 Å². The van der Waals surface area contributed by atoms with Crippen molar-refractivity contribution in [1.29, 1.82) is 5.26 Å². The summed E-state index contributed by atoms with van der Waals surface area (Å²) in [5, 5.41) is 13.6. The van der Waals surface area contributed by atoms with Gasteiger partial charge in [0.2, 0.25) is 5.89 Å². The van der Waals surface area contributed by atoms with Crippen molar-refractivity contribution in [2.75, 3.05) is 0 Å². The van der Waals surface area contributed by atoms with Gasteiger partial charge in [0.1, 0.15) is 6.54 Å². The van der Waals surface area contributed by atoms with E-state index in [-0.39, 0.29) is 0 Å². The van der Waals surface area contributed by atoms with Gasteiger partial charge < -0.3 is 9.09 Å². The van der Waals surface area contributed by atoms with Gasteiger partial charge >= 0.3 is 0 Å². The predicted molar refractivity (Wildman–Crippen MR) is 64.8 cm³/mol. The molecule has 0 amide bonds. The standard InChI is InChI=1S/C13H10N4O/c1-9-15-13(18-16-9)8-17-5-4-11-6-10(7-14)2-3-12(11)17/h2-6H,8H2,1H3. The smallest absolute Gasteiger partial charge is 0.246 e. The van der Waals surface area contributed by atoms with Gasteiger partial charge in [-0.1, -0.05) is 5.16 Å². The minimum absolute atomic E-state index is 0.538. The van der Waals surface area contributed by atoms with E-state index in [2.05, 4.69) is 16.2 Å². The maximum atomic E-state index is 8.85. The number of aryl methyl sites for hydroxylation is 1. The molecule has 0 unspecified atom stereocenters. The summed E-state index contributed by atoms with van der Waals surface area (Å²) >= 11 is 0. The Labute approximate surface area is 103 Å². The lowest BCUT2D eigenvalue weighted by atomic mass is 10.2. The monoisotopic (exact) mass is 238 g/mol. The van der Waals surface area contributed by atoms with E-state index < -0.39 is 0 Å². The van der Waals surface area contributed by atoms with Crippen LogP contribution in [0.1, 0.15) is 17.3 Å². The predicted octanol–water partition coefficient (Wildman–Crippen LogP) is 2.25. The fraction of sp³-hybridized carbons (Fsp3) is 0.154. The molecule has 5 heteroatoms. The molecule has 1 aromatic carbocycles. The molecule has 0 fully saturated rings. The molecule has 0 N–H and O–H groups in total. The van der Waals surface area contributed by atoms with Crippen LogP contribution in [0.5, 0.6) is 0 Å². The summed E-state index contributed by atoms with van der Waals surface area (Å²) in [5.74, 6) is 1.21. The van der Waals surface area contributed by atoms with E-state index in [1.807, 2.05) is 29.0 Å². The highest BCUT2D eigenvalue weighted by Gasteiger charge is 2.07. The average molecular weight is 238 g/mol. The van der Waals surface area contributed by atoms with Crippen molar-refractivity contribution in [3.8, 4) is 6.07 Å². The van der Waals surface area contributed by atoms with Crippen molar-refractivity contribution in [2.45, 2.75) is 13.5 Å². The summed E-state index contributed by atoms with van der Waals surface area (Å²) < 4.78 is 7.11. The van der Waals surface area contributed by atoms with Crippen LogP contribution in [0.3, 0.4) is 0 Å². The number of benzene rings is 1. The molecule has 3 aromatic rings. The summed E-state index contributed by atoms with van der Waals surface area (Å²) in [4.78, 5) is 4.18. The Morgan fingerprint density at radius 1 is 1.39 bits per heavy atom. The van der Waals surface area contributed by atoms with E-state index in [4.69, 9.17) is 9.78 Å². The van der Waals surface area contributed by atoms with E-state index in [1.165, 1.54) is 0 Å². The third kappa shape index (κ3) is 1.74. The quantitative estimate of drug-likeness (QED) is 0.686. The second-order valence-corrected chi connectivity index (χ2v) is 4.06. The Balaban J connectivity index is 2.00. The van der Waals surface area contributed by atoms with Crippen LogP contribution >= 0.6 is 0 Å². The normalized spacial score (nSPS) is 10.7. The second kappa shape index (κ2) is 4.00. The molecule has 0 bridgehead atoms. The number of nitrogens with zero attached hydrogens (tertiary/aromatic N) is 4. The first kappa shape index (κ1) is 10.5. The number of rotatable bonds is 2. The molecule has 18 heavy (non-hydrogen) atoms. The molecule has 3 rings (SSSR count). The molecule has 0 aliphatic carbocycles. The zero-order valence-electron chi connectivity index (χ0n) is 9.79. The van der Waals surface area contributed by atoms with Crippen LogP contribution < -0.4 is 0 Å². The number of aromatic nitrogens is 3. The van der Waals surface area contributed by atoms with Crippen LogP contribution in [0.4, 0.5) is 0 Å². The van der Waals surface area contributed by atoms with Gasteiger partial charge in [-0.05, 0) is 31.2 Å². The van der Waals surface area contributed by atoms with Crippen molar-refractivity contribution < 1.29 is 4.52 Å². The summed E-state index contributed by atoms with van der Waals surface area (Å²) in [6, 6.07) is 9.70. The molecule has 0 aliphatic heterocycles. The summed E-state index contributed by atoms with van der Waals surface area (Å²) in [6.07, 6.45) is 1.95. The van der Waals surface area contributed by atoms with Crippen LogP contribution in [0.15, 0.2) is 35.0 Å². The maximum Gasteiger partial charge on any atom is 0.246 e. The number of nitriles is 1. The van der Waals surface area contributed by atoms with Crippen molar-refractivity contribution in [2.24, 2.45) is 0 Å². The van der Waals surface area contributed by atoms with Crippen molar-refractivity contribution >= 4 is 10.9 Å². The molecule has 0 saturated carbocycles. The molecule has 2 heterocycles. The van der Waals surface area contributed by atoms with E-state index in [0.29, 0.717) is 23.8 Å². The van der Waals surface area contributed by atoms with Crippen LogP contribution in [0.2, 0.25) is 0 Å². The summed E-state index contributed by atoms with van der Waals surface area (Å²) in [5.41, 5.74) is 1.71. The Morgan fingerprint density at radius 2 is 2.28 bits per heavy atom. The highest BCUT2D eigenvalue weighted by atomic mass is 16.5. The Hall–Kier alpha value is -2.61. The lowest BCUT2D eigenvalue weighted by Gasteiger charge is -2.01. The Kier molecular flexibility index (Phi) is 2.34. The summed E-state index contributed by atoms with van der Waals surface area (Å²) in [7, 11) is 0. The lowest BCUT2D eigenvalue weighted by molar-refractivity contribution is 0.369. The first-order valence-electron chi connectivity index (χ1n) is 5.54. The van der Waals surface area contributed by atoms with Gasteiger partial charge in [0.25, 0.3) is 0 Å². The lowest BCUT2D eigenvalue weighted by Crippen LogP contribution is -1.98. The molecule has 0 atom stereocenters. The topological polar surface area (TPSA) is 67.6 Å². The molecular weight excluding hydrogens is 228 g/mol. The maximum absolute atomic E-state index is 8.85. The molecule has 2 aromatic heterocycles. The molecule has 0 spiro atoms. The zero-order chi connectivity index (χ0) is 12.5. The molecule has 88 valence electrons.